The Kier molecular flexibility index (Phi) is 5.44. The number of nitrogens with zero attached hydrogens (tertiary/aromatic N) is 1. The van der Waals surface area contributed by atoms with Gasteiger partial charge in [-0.15, -0.1) is 0 Å². The second-order valence-corrected chi connectivity index (χ2v) is 5.92. The number of nitrogens with one attached hydrogen (secondary N) is 1. The summed E-state index contributed by atoms with van der Waals surface area (Å²) in [5, 5.41) is 11.5. The van der Waals surface area contributed by atoms with Crippen molar-refractivity contribution in [2.24, 2.45) is 0 Å². The van der Waals surface area contributed by atoms with Crippen LogP contribution in [0.5, 0.6) is 0 Å². The number of carboxylic acids is 1. The number of carboxylic acid groups (broad SMARTS) is 1. The minimum absolute atomic E-state index is 0.0693. The quantitative estimate of drug-likeness (QED) is 0.891. The zero-order valence-electron chi connectivity index (χ0n) is 11.4. The minimum Gasteiger partial charge on any atom is -0.481 e. The highest BCUT2D eigenvalue weighted by Crippen LogP contribution is 2.19. The fourth-order valence-electron chi connectivity index (χ4n) is 2.21. The molecule has 1 heterocycles. The lowest BCUT2D eigenvalue weighted by Crippen LogP contribution is -2.51. The van der Waals surface area contributed by atoms with Crippen LogP contribution in [0.25, 0.3) is 0 Å². The standard InChI is InChI=1S/C14H17FN2O3S/c15-12-4-2-1-3-10(12)8-16-14(20)17-5-6-21-9-11(17)7-13(18)19/h1-4,11H,5-9H2,(H,16,20)(H,18,19). The number of thioether (sulfide) groups is 1. The molecule has 0 spiro atoms. The van der Waals surface area contributed by atoms with Crippen molar-refractivity contribution in [3.63, 3.8) is 0 Å². The summed E-state index contributed by atoms with van der Waals surface area (Å²) in [5.41, 5.74) is 0.409. The van der Waals surface area contributed by atoms with Crippen LogP contribution in [-0.2, 0) is 11.3 Å². The first-order valence-electron chi connectivity index (χ1n) is 6.65. The van der Waals surface area contributed by atoms with E-state index in [1.807, 2.05) is 0 Å². The predicted molar refractivity (Wildman–Crippen MR) is 78.7 cm³/mol. The molecule has 114 valence electrons. The number of urea groups is 1. The van der Waals surface area contributed by atoms with Crippen LogP contribution in [-0.4, -0.2) is 46.1 Å². The van der Waals surface area contributed by atoms with E-state index in [1.165, 1.54) is 11.0 Å². The van der Waals surface area contributed by atoms with E-state index in [2.05, 4.69) is 5.32 Å². The maximum absolute atomic E-state index is 13.5. The number of benzene rings is 1. The van der Waals surface area contributed by atoms with E-state index in [-0.39, 0.29) is 30.9 Å². The molecule has 0 bridgehead atoms. The van der Waals surface area contributed by atoms with Gasteiger partial charge in [-0.1, -0.05) is 18.2 Å². The summed E-state index contributed by atoms with van der Waals surface area (Å²) in [7, 11) is 0. The number of carbonyl (C=O) groups is 2. The highest BCUT2D eigenvalue weighted by molar-refractivity contribution is 7.99. The summed E-state index contributed by atoms with van der Waals surface area (Å²) in [6.45, 7) is 0.598. The zero-order chi connectivity index (χ0) is 15.2. The first kappa shape index (κ1) is 15.6. The van der Waals surface area contributed by atoms with Crippen LogP contribution in [0, 0.1) is 5.82 Å². The van der Waals surface area contributed by atoms with Gasteiger partial charge in [0.1, 0.15) is 5.82 Å². The van der Waals surface area contributed by atoms with Gasteiger partial charge in [0.2, 0.25) is 0 Å². The van der Waals surface area contributed by atoms with Gasteiger partial charge in [0.25, 0.3) is 0 Å². The third kappa shape index (κ3) is 4.35. The summed E-state index contributed by atoms with van der Waals surface area (Å²) < 4.78 is 13.5. The maximum Gasteiger partial charge on any atom is 0.317 e. The summed E-state index contributed by atoms with van der Waals surface area (Å²) >= 11 is 1.64. The molecular formula is C14H17FN2O3S. The van der Waals surface area contributed by atoms with Gasteiger partial charge in [-0.05, 0) is 6.07 Å². The Balaban J connectivity index is 1.94. The molecule has 1 atom stereocenters. The minimum atomic E-state index is -0.922. The molecule has 0 aromatic heterocycles. The van der Waals surface area contributed by atoms with Gasteiger partial charge in [-0.2, -0.15) is 11.8 Å². The SMILES string of the molecule is O=C(O)CC1CSCCN1C(=O)NCc1ccccc1F. The van der Waals surface area contributed by atoms with Gasteiger partial charge >= 0.3 is 12.0 Å². The number of hydrogen-bond acceptors (Lipinski definition) is 3. The van der Waals surface area contributed by atoms with Crippen molar-refractivity contribution in [3.8, 4) is 0 Å². The molecule has 1 fully saturated rings. The third-order valence-corrected chi connectivity index (χ3v) is 4.38. The van der Waals surface area contributed by atoms with E-state index in [0.29, 0.717) is 17.9 Å². The summed E-state index contributed by atoms with van der Waals surface area (Å²) in [6, 6.07) is 5.58. The molecule has 0 aliphatic carbocycles. The molecule has 0 saturated carbocycles. The number of hydrogen-bond donors (Lipinski definition) is 2. The molecule has 21 heavy (non-hydrogen) atoms. The summed E-state index contributed by atoms with van der Waals surface area (Å²) in [6.07, 6.45) is -0.0693. The first-order valence-corrected chi connectivity index (χ1v) is 7.81. The number of rotatable bonds is 4. The van der Waals surface area contributed by atoms with Crippen molar-refractivity contribution in [2.75, 3.05) is 18.1 Å². The lowest BCUT2D eigenvalue weighted by Gasteiger charge is -2.34. The second kappa shape index (κ2) is 7.31. The molecule has 1 unspecified atom stereocenters. The van der Waals surface area contributed by atoms with Crippen LogP contribution in [0.4, 0.5) is 9.18 Å². The van der Waals surface area contributed by atoms with Crippen molar-refractivity contribution in [2.45, 2.75) is 19.0 Å². The summed E-state index contributed by atoms with van der Waals surface area (Å²) in [4.78, 5) is 24.5. The van der Waals surface area contributed by atoms with Gasteiger partial charge in [0.15, 0.2) is 0 Å². The summed E-state index contributed by atoms with van der Waals surface area (Å²) in [5.74, 6) is 0.103. The van der Waals surface area contributed by atoms with E-state index < -0.39 is 5.97 Å². The molecule has 1 aromatic carbocycles. The zero-order valence-corrected chi connectivity index (χ0v) is 12.2. The van der Waals surface area contributed by atoms with Crippen molar-refractivity contribution in [1.82, 2.24) is 10.2 Å². The highest BCUT2D eigenvalue weighted by atomic mass is 32.2. The number of amides is 2. The Morgan fingerprint density at radius 2 is 2.19 bits per heavy atom. The number of halogens is 1. The van der Waals surface area contributed by atoms with E-state index in [1.54, 1.807) is 30.0 Å². The molecular weight excluding hydrogens is 295 g/mol. The Hall–Kier alpha value is -1.76. The van der Waals surface area contributed by atoms with Crippen LogP contribution >= 0.6 is 11.8 Å². The fraction of sp³-hybridized carbons (Fsp3) is 0.429. The van der Waals surface area contributed by atoms with Crippen LogP contribution in [0.15, 0.2) is 24.3 Å². The van der Waals surface area contributed by atoms with Gasteiger partial charge in [-0.3, -0.25) is 4.79 Å². The molecule has 1 aromatic rings. The van der Waals surface area contributed by atoms with Crippen molar-refractivity contribution in [1.29, 1.82) is 0 Å². The predicted octanol–water partition coefficient (Wildman–Crippen LogP) is 1.93. The first-order chi connectivity index (χ1) is 10.1. The number of aliphatic carboxylic acids is 1. The third-order valence-electron chi connectivity index (χ3n) is 3.29. The molecule has 2 rings (SSSR count). The molecule has 2 N–H and O–H groups in total. The van der Waals surface area contributed by atoms with Crippen LogP contribution in [0.2, 0.25) is 0 Å². The van der Waals surface area contributed by atoms with E-state index in [9.17, 15) is 14.0 Å². The van der Waals surface area contributed by atoms with Gasteiger partial charge in [0.05, 0.1) is 12.5 Å². The largest absolute Gasteiger partial charge is 0.481 e. The molecule has 1 aliphatic rings. The van der Waals surface area contributed by atoms with Crippen LogP contribution in [0.3, 0.4) is 0 Å². The Morgan fingerprint density at radius 3 is 2.90 bits per heavy atom. The molecule has 1 saturated heterocycles. The topological polar surface area (TPSA) is 69.6 Å². The lowest BCUT2D eigenvalue weighted by molar-refractivity contribution is -0.138. The molecule has 0 radical (unpaired) electrons. The van der Waals surface area contributed by atoms with E-state index >= 15 is 0 Å². The van der Waals surface area contributed by atoms with Gasteiger partial charge in [0, 0.05) is 30.2 Å². The Bertz CT molecular complexity index is 527. The second-order valence-electron chi connectivity index (χ2n) is 4.77. The monoisotopic (exact) mass is 312 g/mol. The fourth-order valence-corrected chi connectivity index (χ4v) is 3.27. The maximum atomic E-state index is 13.5. The average molecular weight is 312 g/mol. The normalized spacial score (nSPS) is 18.3. The lowest BCUT2D eigenvalue weighted by atomic mass is 10.2. The average Bonchev–Trinajstić information content (AvgIpc) is 2.46. The number of carbonyl (C=O) groups excluding carboxylic acids is 1. The van der Waals surface area contributed by atoms with Crippen molar-refractivity contribution in [3.05, 3.63) is 35.6 Å². The molecule has 2 amide bonds. The van der Waals surface area contributed by atoms with E-state index in [0.717, 1.165) is 5.75 Å². The van der Waals surface area contributed by atoms with Gasteiger partial charge in [-0.25, -0.2) is 9.18 Å². The van der Waals surface area contributed by atoms with Crippen molar-refractivity contribution >= 4 is 23.8 Å². The van der Waals surface area contributed by atoms with Gasteiger partial charge < -0.3 is 15.3 Å². The van der Waals surface area contributed by atoms with E-state index in [4.69, 9.17) is 5.11 Å². The smallest absolute Gasteiger partial charge is 0.317 e. The molecule has 7 heteroatoms. The molecule has 1 aliphatic heterocycles. The van der Waals surface area contributed by atoms with Crippen molar-refractivity contribution < 1.29 is 19.1 Å². The van der Waals surface area contributed by atoms with Crippen LogP contribution in [0.1, 0.15) is 12.0 Å². The Labute approximate surface area is 126 Å². The van der Waals surface area contributed by atoms with Crippen LogP contribution < -0.4 is 5.32 Å². The Morgan fingerprint density at radius 1 is 1.43 bits per heavy atom. The molecule has 5 nitrogen and oxygen atoms in total. The highest BCUT2D eigenvalue weighted by Gasteiger charge is 2.28.